The summed E-state index contributed by atoms with van der Waals surface area (Å²) < 4.78 is 5.52. The van der Waals surface area contributed by atoms with E-state index in [-0.39, 0.29) is 6.09 Å². The van der Waals surface area contributed by atoms with Gasteiger partial charge in [-0.25, -0.2) is 4.79 Å². The highest BCUT2D eigenvalue weighted by Crippen LogP contribution is 2.39. The van der Waals surface area contributed by atoms with E-state index < -0.39 is 5.60 Å². The predicted octanol–water partition coefficient (Wildman–Crippen LogP) is 3.64. The number of carbonyl (C=O) groups excluding carboxylic acids is 2. The molecule has 6 nitrogen and oxygen atoms in total. The van der Waals surface area contributed by atoms with Crippen LogP contribution in [0.3, 0.4) is 0 Å². The minimum atomic E-state index is -0.430. The second-order valence-corrected chi connectivity index (χ2v) is 10.6. The van der Waals surface area contributed by atoms with Gasteiger partial charge in [0.1, 0.15) is 5.60 Å². The van der Waals surface area contributed by atoms with Crippen molar-refractivity contribution in [3.63, 3.8) is 0 Å². The molecular weight excluding hydrogens is 366 g/mol. The fourth-order valence-corrected chi connectivity index (χ4v) is 6.05. The van der Waals surface area contributed by atoms with Crippen molar-refractivity contribution in [1.29, 1.82) is 0 Å². The number of rotatable bonds is 2. The normalized spacial score (nSPS) is 30.5. The summed E-state index contributed by atoms with van der Waals surface area (Å²) in [6.07, 6.45) is 9.97. The van der Waals surface area contributed by atoms with Crippen LogP contribution < -0.4 is 0 Å². The Morgan fingerprint density at radius 3 is 2.17 bits per heavy atom. The molecule has 0 N–H and O–H groups in total. The second-order valence-electron chi connectivity index (χ2n) is 10.6. The van der Waals surface area contributed by atoms with Crippen molar-refractivity contribution in [2.75, 3.05) is 26.2 Å². The first kappa shape index (κ1) is 21.0. The molecule has 0 spiro atoms. The Morgan fingerprint density at radius 2 is 1.52 bits per heavy atom. The highest BCUT2D eigenvalue weighted by Gasteiger charge is 2.44. The zero-order chi connectivity index (χ0) is 20.6. The molecule has 2 atom stereocenters. The lowest BCUT2D eigenvalue weighted by Crippen LogP contribution is -2.53. The maximum Gasteiger partial charge on any atom is 0.410 e. The van der Waals surface area contributed by atoms with Gasteiger partial charge in [0.25, 0.3) is 0 Å². The molecule has 6 heteroatoms. The fourth-order valence-electron chi connectivity index (χ4n) is 6.05. The molecule has 1 saturated carbocycles. The van der Waals surface area contributed by atoms with Crippen LogP contribution in [0.2, 0.25) is 0 Å². The van der Waals surface area contributed by atoms with E-state index in [1.54, 1.807) is 0 Å². The van der Waals surface area contributed by atoms with Crippen molar-refractivity contribution in [2.24, 2.45) is 5.92 Å². The molecule has 1 aliphatic carbocycles. The van der Waals surface area contributed by atoms with E-state index in [1.807, 2.05) is 25.7 Å². The lowest BCUT2D eigenvalue weighted by atomic mass is 9.84. The van der Waals surface area contributed by atoms with Gasteiger partial charge in [-0.1, -0.05) is 12.8 Å². The van der Waals surface area contributed by atoms with Crippen LogP contribution in [0.25, 0.3) is 0 Å². The van der Waals surface area contributed by atoms with Crippen LogP contribution in [0.15, 0.2) is 0 Å². The molecule has 4 aliphatic rings. The number of piperidine rings is 2. The predicted molar refractivity (Wildman–Crippen MR) is 113 cm³/mol. The Hall–Kier alpha value is -1.30. The van der Waals surface area contributed by atoms with Gasteiger partial charge in [-0.2, -0.15) is 0 Å². The minimum Gasteiger partial charge on any atom is -0.444 e. The summed E-state index contributed by atoms with van der Waals surface area (Å²) in [4.78, 5) is 31.8. The number of amides is 2. The van der Waals surface area contributed by atoms with Crippen LogP contribution >= 0.6 is 0 Å². The van der Waals surface area contributed by atoms with Crippen LogP contribution in [-0.2, 0) is 9.53 Å². The van der Waals surface area contributed by atoms with Crippen molar-refractivity contribution < 1.29 is 14.3 Å². The third-order valence-corrected chi connectivity index (χ3v) is 7.48. The first-order valence-electron chi connectivity index (χ1n) is 11.8. The molecule has 0 aromatic heterocycles. The van der Waals surface area contributed by atoms with Gasteiger partial charge in [0, 0.05) is 50.7 Å². The zero-order valence-electron chi connectivity index (χ0n) is 18.6. The number of likely N-dealkylation sites (tertiary alicyclic amines) is 3. The van der Waals surface area contributed by atoms with Gasteiger partial charge in [0.05, 0.1) is 0 Å². The molecule has 2 amide bonds. The van der Waals surface area contributed by atoms with E-state index >= 15 is 0 Å². The summed E-state index contributed by atoms with van der Waals surface area (Å²) in [6, 6.07) is 1.55. The third-order valence-electron chi connectivity index (χ3n) is 7.48. The van der Waals surface area contributed by atoms with E-state index in [0.29, 0.717) is 30.0 Å². The molecule has 0 aromatic rings. The Balaban J connectivity index is 1.24. The molecule has 164 valence electrons. The Morgan fingerprint density at radius 1 is 0.897 bits per heavy atom. The minimum absolute atomic E-state index is 0.177. The first-order valence-corrected chi connectivity index (χ1v) is 11.8. The summed E-state index contributed by atoms with van der Waals surface area (Å²) in [5.41, 5.74) is -0.430. The Bertz CT molecular complexity index is 601. The Labute approximate surface area is 175 Å². The number of nitrogens with zero attached hydrogens (tertiary/aromatic N) is 3. The van der Waals surface area contributed by atoms with Crippen molar-refractivity contribution >= 4 is 12.0 Å². The molecule has 4 fully saturated rings. The van der Waals surface area contributed by atoms with Gasteiger partial charge in [-0.05, 0) is 65.2 Å². The van der Waals surface area contributed by atoms with E-state index in [9.17, 15) is 9.59 Å². The molecule has 29 heavy (non-hydrogen) atoms. The number of hydrogen-bond donors (Lipinski definition) is 0. The standard InChI is InChI=1S/C23H39N3O3/c1-23(2,3)29-22(28)25-14-8-18(9-15-25)24-12-10-19(11-13-24)26-20-7-5-4-6-17(20)16-21(26)27/h17-20H,4-16H2,1-3H3/t17-,20-/m0/s1. The maximum atomic E-state index is 12.7. The van der Waals surface area contributed by atoms with Crippen LogP contribution in [0.1, 0.15) is 78.6 Å². The van der Waals surface area contributed by atoms with Gasteiger partial charge in [0.2, 0.25) is 5.91 Å². The van der Waals surface area contributed by atoms with E-state index in [0.717, 1.165) is 58.3 Å². The molecule has 3 aliphatic heterocycles. The van der Waals surface area contributed by atoms with Crippen molar-refractivity contribution in [2.45, 2.75) is 102 Å². The second kappa shape index (κ2) is 8.44. The maximum absolute atomic E-state index is 12.7. The van der Waals surface area contributed by atoms with Crippen LogP contribution in [0.4, 0.5) is 4.79 Å². The third kappa shape index (κ3) is 4.73. The lowest BCUT2D eigenvalue weighted by molar-refractivity contribution is -0.132. The summed E-state index contributed by atoms with van der Waals surface area (Å²) in [6.45, 7) is 9.50. The molecular formula is C23H39N3O3. The van der Waals surface area contributed by atoms with Crippen LogP contribution in [0.5, 0.6) is 0 Å². The average molecular weight is 406 g/mol. The van der Waals surface area contributed by atoms with Gasteiger partial charge in [-0.15, -0.1) is 0 Å². The monoisotopic (exact) mass is 405 g/mol. The van der Waals surface area contributed by atoms with Crippen molar-refractivity contribution in [3.8, 4) is 0 Å². The molecule has 3 heterocycles. The number of hydrogen-bond acceptors (Lipinski definition) is 4. The quantitative estimate of drug-likeness (QED) is 0.704. The largest absolute Gasteiger partial charge is 0.444 e. The number of fused-ring (bicyclic) bond motifs is 1. The van der Waals surface area contributed by atoms with E-state index in [4.69, 9.17) is 4.74 Å². The number of ether oxygens (including phenoxy) is 1. The van der Waals surface area contributed by atoms with Crippen molar-refractivity contribution in [3.05, 3.63) is 0 Å². The summed E-state index contributed by atoms with van der Waals surface area (Å²) in [7, 11) is 0. The molecule has 0 bridgehead atoms. The fraction of sp³-hybridized carbons (Fsp3) is 0.913. The SMILES string of the molecule is CC(C)(C)OC(=O)N1CCC(N2CCC(N3C(=O)C[C@@H]4CCCC[C@@H]43)CC2)CC1. The van der Waals surface area contributed by atoms with Gasteiger partial charge in [-0.3, -0.25) is 4.79 Å². The summed E-state index contributed by atoms with van der Waals surface area (Å²) >= 11 is 0. The highest BCUT2D eigenvalue weighted by molar-refractivity contribution is 5.79. The lowest BCUT2D eigenvalue weighted by Gasteiger charge is -2.45. The smallest absolute Gasteiger partial charge is 0.410 e. The van der Waals surface area contributed by atoms with Gasteiger partial charge < -0.3 is 19.4 Å². The molecule has 4 rings (SSSR count). The highest BCUT2D eigenvalue weighted by atomic mass is 16.6. The van der Waals surface area contributed by atoms with Crippen LogP contribution in [-0.4, -0.2) is 76.6 Å². The van der Waals surface area contributed by atoms with Crippen LogP contribution in [0, 0.1) is 5.92 Å². The molecule has 0 radical (unpaired) electrons. The Kier molecular flexibility index (Phi) is 6.10. The average Bonchev–Trinajstić information content (AvgIpc) is 3.02. The van der Waals surface area contributed by atoms with Crippen molar-refractivity contribution in [1.82, 2.24) is 14.7 Å². The van der Waals surface area contributed by atoms with E-state index in [1.165, 1.54) is 25.7 Å². The van der Waals surface area contributed by atoms with Gasteiger partial charge in [0.15, 0.2) is 0 Å². The molecule has 3 saturated heterocycles. The summed E-state index contributed by atoms with van der Waals surface area (Å²) in [5, 5.41) is 0. The molecule has 0 aromatic carbocycles. The number of carbonyl (C=O) groups is 2. The first-order chi connectivity index (χ1) is 13.8. The van der Waals surface area contributed by atoms with E-state index in [2.05, 4.69) is 9.80 Å². The topological polar surface area (TPSA) is 53.1 Å². The zero-order valence-corrected chi connectivity index (χ0v) is 18.6. The summed E-state index contributed by atoms with van der Waals surface area (Å²) in [5.74, 6) is 1.05. The molecule has 0 unspecified atom stereocenters. The van der Waals surface area contributed by atoms with Gasteiger partial charge >= 0.3 is 6.09 Å².